The molecule has 1 unspecified atom stereocenters. The fourth-order valence-corrected chi connectivity index (χ4v) is 1.79. The number of hydrogen-bond acceptors (Lipinski definition) is 3. The summed E-state index contributed by atoms with van der Waals surface area (Å²) >= 11 is 0. The van der Waals surface area contributed by atoms with Gasteiger partial charge in [0.15, 0.2) is 0 Å². The van der Waals surface area contributed by atoms with Gasteiger partial charge in [0.05, 0.1) is 6.54 Å². The third-order valence-corrected chi connectivity index (χ3v) is 3.00. The summed E-state index contributed by atoms with van der Waals surface area (Å²) in [4.78, 5) is 11.8. The van der Waals surface area contributed by atoms with Crippen LogP contribution in [0.4, 0.5) is 4.39 Å². The van der Waals surface area contributed by atoms with Crippen LogP contribution < -0.4 is 5.32 Å². The summed E-state index contributed by atoms with van der Waals surface area (Å²) in [7, 11) is 0. The van der Waals surface area contributed by atoms with E-state index in [9.17, 15) is 14.3 Å². The molecule has 6 heteroatoms. The van der Waals surface area contributed by atoms with Crippen LogP contribution in [0.3, 0.4) is 0 Å². The highest BCUT2D eigenvalue weighted by Gasteiger charge is 2.24. The van der Waals surface area contributed by atoms with E-state index in [1.54, 1.807) is 19.9 Å². The van der Waals surface area contributed by atoms with E-state index in [2.05, 4.69) is 15.5 Å². The van der Waals surface area contributed by atoms with E-state index in [0.717, 1.165) is 5.69 Å². The van der Waals surface area contributed by atoms with E-state index < -0.39 is 5.60 Å². The molecule has 3 N–H and O–H groups in total. The van der Waals surface area contributed by atoms with Gasteiger partial charge in [0.2, 0.25) is 0 Å². The highest BCUT2D eigenvalue weighted by molar-refractivity contribution is 5.92. The standard InChI is InChI=1S/C14H16FN3O2/c1-9-7-12(18-17-9)13(19)16-8-14(2,20)10-3-5-11(15)6-4-10/h3-7,20H,8H2,1-2H3,(H,16,19)(H,17,18). The van der Waals surface area contributed by atoms with Gasteiger partial charge < -0.3 is 10.4 Å². The van der Waals surface area contributed by atoms with E-state index >= 15 is 0 Å². The Morgan fingerprint density at radius 3 is 2.65 bits per heavy atom. The molecule has 1 aromatic heterocycles. The van der Waals surface area contributed by atoms with Crippen LogP contribution in [0.25, 0.3) is 0 Å². The zero-order chi connectivity index (χ0) is 14.8. The van der Waals surface area contributed by atoms with Gasteiger partial charge >= 0.3 is 0 Å². The molecule has 1 aromatic carbocycles. The maximum Gasteiger partial charge on any atom is 0.271 e. The van der Waals surface area contributed by atoms with E-state index in [4.69, 9.17) is 0 Å². The summed E-state index contributed by atoms with van der Waals surface area (Å²) in [5.41, 5.74) is 0.282. The number of aliphatic hydroxyl groups is 1. The first kappa shape index (κ1) is 14.2. The van der Waals surface area contributed by atoms with Gasteiger partial charge in [0, 0.05) is 5.69 Å². The molecule has 2 rings (SSSR count). The monoisotopic (exact) mass is 277 g/mol. The molecule has 1 atom stereocenters. The van der Waals surface area contributed by atoms with Crippen LogP contribution in [0.15, 0.2) is 30.3 Å². The quantitative estimate of drug-likeness (QED) is 0.792. The Morgan fingerprint density at radius 2 is 2.10 bits per heavy atom. The molecule has 5 nitrogen and oxygen atoms in total. The van der Waals surface area contributed by atoms with Gasteiger partial charge in [-0.2, -0.15) is 5.10 Å². The van der Waals surface area contributed by atoms with E-state index in [-0.39, 0.29) is 24.0 Å². The number of rotatable bonds is 4. The maximum atomic E-state index is 12.8. The SMILES string of the molecule is Cc1cc(C(=O)NCC(C)(O)c2ccc(F)cc2)n[nH]1. The number of halogens is 1. The van der Waals surface area contributed by atoms with Gasteiger partial charge in [-0.15, -0.1) is 0 Å². The Balaban J connectivity index is 2.02. The molecule has 20 heavy (non-hydrogen) atoms. The van der Waals surface area contributed by atoms with Crippen LogP contribution in [-0.4, -0.2) is 27.8 Å². The number of H-pyrrole nitrogens is 1. The molecule has 0 aliphatic rings. The smallest absolute Gasteiger partial charge is 0.271 e. The minimum atomic E-state index is -1.28. The van der Waals surface area contributed by atoms with Crippen LogP contribution in [-0.2, 0) is 5.60 Å². The Hall–Kier alpha value is -2.21. The van der Waals surface area contributed by atoms with E-state index in [0.29, 0.717) is 5.56 Å². The molecule has 0 fully saturated rings. The summed E-state index contributed by atoms with van der Waals surface area (Å²) in [5.74, 6) is -0.752. The Labute approximate surface area is 115 Å². The number of nitrogens with zero attached hydrogens (tertiary/aromatic N) is 1. The molecular weight excluding hydrogens is 261 g/mol. The van der Waals surface area contributed by atoms with Crippen molar-refractivity contribution < 1.29 is 14.3 Å². The lowest BCUT2D eigenvalue weighted by Crippen LogP contribution is -2.38. The summed E-state index contributed by atoms with van der Waals surface area (Å²) < 4.78 is 12.8. The molecule has 0 spiro atoms. The Morgan fingerprint density at radius 1 is 1.45 bits per heavy atom. The summed E-state index contributed by atoms with van der Waals surface area (Å²) in [6.45, 7) is 3.35. The predicted molar refractivity (Wildman–Crippen MR) is 71.6 cm³/mol. The minimum absolute atomic E-state index is 0.00335. The molecule has 0 bridgehead atoms. The fraction of sp³-hybridized carbons (Fsp3) is 0.286. The summed E-state index contributed by atoms with van der Waals surface area (Å²) in [5, 5.41) is 19.4. The zero-order valence-corrected chi connectivity index (χ0v) is 11.3. The Bertz CT molecular complexity index is 605. The molecular formula is C14H16FN3O2. The van der Waals surface area contributed by atoms with Crippen LogP contribution >= 0.6 is 0 Å². The molecule has 0 radical (unpaired) electrons. The van der Waals surface area contributed by atoms with E-state index in [1.165, 1.54) is 24.3 Å². The van der Waals surface area contributed by atoms with Crippen LogP contribution in [0, 0.1) is 12.7 Å². The van der Waals surface area contributed by atoms with Crippen molar-refractivity contribution in [1.29, 1.82) is 0 Å². The minimum Gasteiger partial charge on any atom is -0.384 e. The van der Waals surface area contributed by atoms with Crippen molar-refractivity contribution in [2.24, 2.45) is 0 Å². The highest BCUT2D eigenvalue weighted by atomic mass is 19.1. The number of aryl methyl sites for hydroxylation is 1. The molecule has 0 aliphatic carbocycles. The molecule has 0 saturated heterocycles. The molecule has 106 valence electrons. The topological polar surface area (TPSA) is 78.0 Å². The average molecular weight is 277 g/mol. The molecule has 0 aliphatic heterocycles. The summed E-state index contributed by atoms with van der Waals surface area (Å²) in [6.07, 6.45) is 0. The predicted octanol–water partition coefficient (Wildman–Crippen LogP) is 1.49. The fourth-order valence-electron chi connectivity index (χ4n) is 1.79. The van der Waals surface area contributed by atoms with Gasteiger partial charge in [-0.25, -0.2) is 4.39 Å². The summed E-state index contributed by atoms with van der Waals surface area (Å²) in [6, 6.07) is 7.12. The number of amides is 1. The molecule has 0 saturated carbocycles. The zero-order valence-electron chi connectivity index (χ0n) is 11.3. The second-order valence-corrected chi connectivity index (χ2v) is 4.90. The molecule has 2 aromatic rings. The van der Waals surface area contributed by atoms with Crippen molar-refractivity contribution in [3.05, 3.63) is 53.1 Å². The second-order valence-electron chi connectivity index (χ2n) is 4.90. The van der Waals surface area contributed by atoms with Crippen LogP contribution in [0.5, 0.6) is 0 Å². The number of aromatic nitrogens is 2. The highest BCUT2D eigenvalue weighted by Crippen LogP contribution is 2.20. The van der Waals surface area contributed by atoms with Crippen molar-refractivity contribution in [2.75, 3.05) is 6.54 Å². The van der Waals surface area contributed by atoms with Crippen LogP contribution in [0.1, 0.15) is 28.7 Å². The number of carbonyl (C=O) groups is 1. The average Bonchev–Trinajstić information content (AvgIpc) is 2.83. The van der Waals surface area contributed by atoms with Gasteiger partial charge in [0.1, 0.15) is 17.1 Å². The largest absolute Gasteiger partial charge is 0.384 e. The number of benzene rings is 1. The number of nitrogens with one attached hydrogen (secondary N) is 2. The number of aromatic amines is 1. The second kappa shape index (κ2) is 5.42. The number of hydrogen-bond donors (Lipinski definition) is 3. The van der Waals surface area contributed by atoms with Gasteiger partial charge in [-0.3, -0.25) is 9.89 Å². The third-order valence-electron chi connectivity index (χ3n) is 3.00. The lowest BCUT2D eigenvalue weighted by atomic mass is 9.96. The first-order valence-electron chi connectivity index (χ1n) is 6.17. The van der Waals surface area contributed by atoms with Gasteiger partial charge in [-0.1, -0.05) is 12.1 Å². The first-order valence-corrected chi connectivity index (χ1v) is 6.17. The van der Waals surface area contributed by atoms with Crippen molar-refractivity contribution in [3.8, 4) is 0 Å². The van der Waals surface area contributed by atoms with E-state index in [1.807, 2.05) is 0 Å². The lowest BCUT2D eigenvalue weighted by Gasteiger charge is -2.24. The third kappa shape index (κ3) is 3.21. The Kier molecular flexibility index (Phi) is 3.85. The molecule has 1 amide bonds. The number of carbonyl (C=O) groups excluding carboxylic acids is 1. The van der Waals surface area contributed by atoms with Crippen molar-refractivity contribution in [3.63, 3.8) is 0 Å². The normalized spacial score (nSPS) is 13.8. The maximum absolute atomic E-state index is 12.8. The van der Waals surface area contributed by atoms with Crippen molar-refractivity contribution >= 4 is 5.91 Å². The first-order chi connectivity index (χ1) is 9.38. The lowest BCUT2D eigenvalue weighted by molar-refractivity contribution is 0.0524. The van der Waals surface area contributed by atoms with Gasteiger partial charge in [-0.05, 0) is 37.6 Å². The van der Waals surface area contributed by atoms with Crippen molar-refractivity contribution in [2.45, 2.75) is 19.4 Å². The van der Waals surface area contributed by atoms with Crippen LogP contribution in [0.2, 0.25) is 0 Å². The molecule has 1 heterocycles. The van der Waals surface area contributed by atoms with Gasteiger partial charge in [0.25, 0.3) is 5.91 Å². The van der Waals surface area contributed by atoms with Crippen molar-refractivity contribution in [1.82, 2.24) is 15.5 Å².